The van der Waals surface area contributed by atoms with Crippen molar-refractivity contribution in [1.29, 1.82) is 10.5 Å². The molecule has 11 nitrogen and oxygen atoms in total. The molecule has 0 atom stereocenters. The fourth-order valence-corrected chi connectivity index (χ4v) is 6.22. The molecule has 0 aliphatic heterocycles. The predicted octanol–water partition coefficient (Wildman–Crippen LogP) is 6.18. The molecule has 2 rings (SSSR count). The minimum atomic E-state index is 0.374. The van der Waals surface area contributed by atoms with Gasteiger partial charge in [0.2, 0.25) is 0 Å². The van der Waals surface area contributed by atoms with Crippen LogP contribution in [0, 0.1) is 36.5 Å². The van der Waals surface area contributed by atoms with Crippen molar-refractivity contribution in [3.8, 4) is 17.9 Å². The van der Waals surface area contributed by atoms with Crippen LogP contribution in [0.15, 0.2) is 22.4 Å². The number of quaternary nitrogens is 2. The molecule has 49 heavy (non-hydrogen) atoms. The number of hydrogen-bond donors (Lipinski definition) is 2. The molecule has 0 saturated carbocycles. The van der Waals surface area contributed by atoms with Crippen LogP contribution in [0.5, 0.6) is 5.75 Å². The van der Waals surface area contributed by atoms with E-state index in [4.69, 9.17) is 18.9 Å². The average Bonchev–Trinajstić information content (AvgIpc) is 3.39. The lowest BCUT2D eigenvalue weighted by atomic mass is 10.1. The van der Waals surface area contributed by atoms with Gasteiger partial charge in [-0.25, -0.2) is 0 Å². The summed E-state index contributed by atoms with van der Waals surface area (Å²) in [5, 5.41) is 28.2. The minimum Gasteiger partial charge on any atom is -0.495 e. The predicted molar refractivity (Wildman–Crippen MR) is 206 cm³/mol. The maximum absolute atomic E-state index is 9.60. The third-order valence-corrected chi connectivity index (χ3v) is 10.0. The molecule has 0 spiro atoms. The molecule has 0 aliphatic carbocycles. The highest BCUT2D eigenvalue weighted by molar-refractivity contribution is 7.80. The summed E-state index contributed by atoms with van der Waals surface area (Å²) in [4.78, 5) is 2.68. The average molecular weight is 736 g/mol. The van der Waals surface area contributed by atoms with Crippen molar-refractivity contribution >= 4 is 53.0 Å². The number of ether oxygens (including phenoxy) is 4. The fourth-order valence-electron chi connectivity index (χ4n) is 5.06. The van der Waals surface area contributed by atoms with Crippen LogP contribution in [-0.4, -0.2) is 135 Å². The highest BCUT2D eigenvalue weighted by atomic mass is 32.1. The molecular weight excluding hydrogens is 679 g/mol. The first-order valence-corrected chi connectivity index (χ1v) is 18.9. The Hall–Kier alpha value is -2.40. The van der Waals surface area contributed by atoms with Gasteiger partial charge in [0.25, 0.3) is 0 Å². The van der Waals surface area contributed by atoms with Crippen LogP contribution in [0.2, 0.25) is 0 Å². The van der Waals surface area contributed by atoms with Crippen molar-refractivity contribution in [2.45, 2.75) is 26.7 Å². The van der Waals surface area contributed by atoms with E-state index in [1.807, 2.05) is 19.1 Å². The molecule has 0 fully saturated rings. The van der Waals surface area contributed by atoms with E-state index in [-0.39, 0.29) is 0 Å². The third-order valence-electron chi connectivity index (χ3n) is 8.34. The van der Waals surface area contributed by atoms with Gasteiger partial charge in [0, 0.05) is 32.0 Å². The number of azo groups is 1. The van der Waals surface area contributed by atoms with Crippen molar-refractivity contribution in [3.05, 3.63) is 33.7 Å². The van der Waals surface area contributed by atoms with Crippen LogP contribution >= 0.6 is 36.6 Å². The van der Waals surface area contributed by atoms with Gasteiger partial charge >= 0.3 is 0 Å². The Morgan fingerprint density at radius 1 is 0.776 bits per heavy atom. The first-order valence-electron chi connectivity index (χ1n) is 16.8. The number of likely N-dealkylation sites (N-methyl/N-ethyl adjacent to an activating group) is 2. The third kappa shape index (κ3) is 15.2. The molecule has 14 heteroatoms. The zero-order chi connectivity index (χ0) is 36.3. The van der Waals surface area contributed by atoms with Crippen molar-refractivity contribution in [2.24, 2.45) is 10.2 Å². The lowest BCUT2D eigenvalue weighted by Crippen LogP contribution is -2.43. The Kier molecular flexibility index (Phi) is 19.6. The normalized spacial score (nSPS) is 12.0. The van der Waals surface area contributed by atoms with Gasteiger partial charge in [0.05, 0.1) is 105 Å². The van der Waals surface area contributed by atoms with E-state index in [1.165, 1.54) is 0 Å². The number of rotatable bonds is 25. The van der Waals surface area contributed by atoms with Gasteiger partial charge in [-0.1, -0.05) is 0 Å². The number of aryl methyl sites for hydroxylation is 1. The number of methoxy groups -OCH3 is 1. The monoisotopic (exact) mass is 735 g/mol. The lowest BCUT2D eigenvalue weighted by Gasteiger charge is -2.30. The highest BCUT2D eigenvalue weighted by Crippen LogP contribution is 2.38. The quantitative estimate of drug-likeness (QED) is 0.0542. The second kappa shape index (κ2) is 22.4. The van der Waals surface area contributed by atoms with Gasteiger partial charge in [0.15, 0.2) is 5.00 Å². The zero-order valence-electron chi connectivity index (χ0n) is 30.5. The Balaban J connectivity index is 2.10. The molecule has 0 aliphatic rings. The van der Waals surface area contributed by atoms with E-state index in [9.17, 15) is 10.5 Å². The van der Waals surface area contributed by atoms with Crippen LogP contribution in [0.1, 0.15) is 34.4 Å². The first-order chi connectivity index (χ1) is 23.4. The highest BCUT2D eigenvalue weighted by Gasteiger charge is 2.19. The summed E-state index contributed by atoms with van der Waals surface area (Å²) in [5.41, 5.74) is 3.42. The van der Waals surface area contributed by atoms with Crippen LogP contribution in [0.25, 0.3) is 0 Å². The van der Waals surface area contributed by atoms with Gasteiger partial charge in [-0.15, -0.1) is 21.6 Å². The summed E-state index contributed by atoms with van der Waals surface area (Å²) in [5.74, 6) is 2.43. The molecular formula is C35H57N7O4S3+2. The molecule has 0 bridgehead atoms. The summed E-state index contributed by atoms with van der Waals surface area (Å²) in [7, 11) is 10.5. The number of benzene rings is 1. The van der Waals surface area contributed by atoms with Crippen molar-refractivity contribution in [2.75, 3.05) is 131 Å². The number of nitrogens with zero attached hydrogens (tertiary/aromatic N) is 7. The van der Waals surface area contributed by atoms with Crippen molar-refractivity contribution in [3.63, 3.8) is 0 Å². The molecule has 0 saturated heterocycles. The molecule has 2 aromatic rings. The Bertz CT molecular complexity index is 1400. The van der Waals surface area contributed by atoms with E-state index in [0.717, 1.165) is 82.1 Å². The molecule has 1 aromatic carbocycles. The number of anilines is 1. The van der Waals surface area contributed by atoms with Crippen LogP contribution in [-0.2, 0) is 14.2 Å². The summed E-state index contributed by atoms with van der Waals surface area (Å²) < 4.78 is 25.6. The van der Waals surface area contributed by atoms with Crippen molar-refractivity contribution < 1.29 is 27.9 Å². The molecule has 0 radical (unpaired) electrons. The largest absolute Gasteiger partial charge is 0.495 e. The van der Waals surface area contributed by atoms with E-state index in [2.05, 4.69) is 80.7 Å². The van der Waals surface area contributed by atoms with Crippen molar-refractivity contribution in [1.82, 2.24) is 0 Å². The Morgan fingerprint density at radius 2 is 1.33 bits per heavy atom. The van der Waals surface area contributed by atoms with E-state index >= 15 is 0 Å². The SMILES string of the molecule is COc1cc(N=Nc2sc(C#N)c(C)c2C#N)c(C)cc1N(CCOCCOCC[N+](C)(C)CCCS)CCOCC[N+](C)(C)CCCS. The van der Waals surface area contributed by atoms with Crippen LogP contribution < -0.4 is 9.64 Å². The smallest absolute Gasteiger partial charge is 0.158 e. The second-order valence-electron chi connectivity index (χ2n) is 13.2. The van der Waals surface area contributed by atoms with Gasteiger partial charge in [-0.05, 0) is 42.5 Å². The van der Waals surface area contributed by atoms with Crippen LogP contribution in [0.3, 0.4) is 0 Å². The topological polar surface area (TPSA) is 112 Å². The molecule has 0 N–H and O–H groups in total. The van der Waals surface area contributed by atoms with E-state index in [1.54, 1.807) is 14.0 Å². The molecule has 272 valence electrons. The van der Waals surface area contributed by atoms with Gasteiger partial charge in [0.1, 0.15) is 35.9 Å². The molecule has 1 aromatic heterocycles. The standard InChI is InChI=1S/C35H55N7O4S3/c1-28-24-32(33(43-7)25-31(28)38-39-35-30(26-36)29(2)34(27-37)49-35)40(10-16-44-18-14-41(3,4)12-8-22-47)11-17-45-20-21-46-19-15-42(5,6)13-9-23-48/h24-25H,8-23H2,1-7H3/p+2. The van der Waals surface area contributed by atoms with Gasteiger partial charge in [-0.2, -0.15) is 35.8 Å². The summed E-state index contributed by atoms with van der Waals surface area (Å²) in [6.45, 7) is 12.5. The summed E-state index contributed by atoms with van der Waals surface area (Å²) >= 11 is 9.85. The molecule has 0 amide bonds. The van der Waals surface area contributed by atoms with Gasteiger partial charge < -0.3 is 32.8 Å². The fraction of sp³-hybridized carbons (Fsp3) is 0.657. The number of hydrogen-bond acceptors (Lipinski definition) is 12. The Labute approximate surface area is 309 Å². The molecule has 0 unspecified atom stereocenters. The number of thiophene rings is 1. The van der Waals surface area contributed by atoms with E-state index < -0.39 is 0 Å². The number of thiol groups is 2. The first kappa shape index (κ1) is 42.8. The van der Waals surface area contributed by atoms with Gasteiger partial charge in [-0.3, -0.25) is 0 Å². The maximum atomic E-state index is 9.60. The second-order valence-corrected chi connectivity index (χ2v) is 15.1. The Morgan fingerprint density at radius 3 is 1.84 bits per heavy atom. The lowest BCUT2D eigenvalue weighted by molar-refractivity contribution is -0.890. The van der Waals surface area contributed by atoms with Crippen LogP contribution in [0.4, 0.5) is 16.4 Å². The summed E-state index contributed by atoms with van der Waals surface area (Å²) in [6, 6.07) is 8.17. The van der Waals surface area contributed by atoms with E-state index in [0.29, 0.717) is 85.2 Å². The number of nitriles is 2. The summed E-state index contributed by atoms with van der Waals surface area (Å²) in [6.07, 6.45) is 2.16. The zero-order valence-corrected chi connectivity index (χ0v) is 33.1. The maximum Gasteiger partial charge on any atom is 0.158 e. The molecule has 1 heterocycles. The minimum absolute atomic E-state index is 0.374.